The number of carbonyl (C=O) groups is 1. The number of nitrogens with zero attached hydrogens (tertiary/aromatic N) is 2. The van der Waals surface area contributed by atoms with Crippen molar-refractivity contribution < 1.29 is 9.53 Å². The minimum Gasteiger partial charge on any atom is -0.447 e. The van der Waals surface area contributed by atoms with E-state index in [0.29, 0.717) is 12.5 Å². The van der Waals surface area contributed by atoms with Crippen molar-refractivity contribution >= 4 is 6.09 Å². The van der Waals surface area contributed by atoms with E-state index in [-0.39, 0.29) is 0 Å². The van der Waals surface area contributed by atoms with Gasteiger partial charge in [0.15, 0.2) is 0 Å². The molecule has 1 aliphatic heterocycles. The van der Waals surface area contributed by atoms with Crippen LogP contribution >= 0.6 is 0 Å². The van der Waals surface area contributed by atoms with Crippen LogP contribution in [-0.4, -0.2) is 35.9 Å². The topological polar surface area (TPSA) is 58.8 Å². The van der Waals surface area contributed by atoms with Gasteiger partial charge in [0.1, 0.15) is 0 Å². The summed E-state index contributed by atoms with van der Waals surface area (Å²) in [6.07, 6.45) is 3.83. The van der Waals surface area contributed by atoms with Crippen molar-refractivity contribution in [3.05, 3.63) is 0 Å². The summed E-state index contributed by atoms with van der Waals surface area (Å²) < 4.78 is 5.09. The van der Waals surface area contributed by atoms with E-state index in [4.69, 9.17) is 10.6 Å². The van der Waals surface area contributed by atoms with Crippen LogP contribution in [0.3, 0.4) is 0 Å². The second-order valence-electron chi connectivity index (χ2n) is 4.66. The van der Waals surface area contributed by atoms with Crippen LogP contribution in [0, 0.1) is 5.92 Å². The van der Waals surface area contributed by atoms with E-state index < -0.39 is 6.09 Å². The van der Waals surface area contributed by atoms with Crippen LogP contribution in [0.5, 0.6) is 0 Å². The number of piperidine rings is 1. The van der Waals surface area contributed by atoms with E-state index in [2.05, 4.69) is 13.8 Å². The maximum atomic E-state index is 11.6. The molecule has 16 heavy (non-hydrogen) atoms. The molecule has 0 bridgehead atoms. The molecular formula is C11H23N3O2. The van der Waals surface area contributed by atoms with Gasteiger partial charge in [0.2, 0.25) is 0 Å². The van der Waals surface area contributed by atoms with E-state index in [1.54, 1.807) is 0 Å². The summed E-state index contributed by atoms with van der Waals surface area (Å²) >= 11 is 0. The minimum atomic E-state index is -0.442. The number of hydrogen-bond donors (Lipinski definition) is 1. The van der Waals surface area contributed by atoms with E-state index in [1.807, 2.05) is 5.01 Å². The molecule has 0 aromatic carbocycles. The number of hydrogen-bond acceptors (Lipinski definition) is 4. The number of nitrogens with two attached hydrogens (primary N) is 1. The summed E-state index contributed by atoms with van der Waals surface area (Å²) in [5.41, 5.74) is 0. The van der Waals surface area contributed by atoms with Crippen LogP contribution in [0.1, 0.15) is 39.5 Å². The first-order chi connectivity index (χ1) is 7.61. The summed E-state index contributed by atoms with van der Waals surface area (Å²) in [4.78, 5) is 11.6. The zero-order valence-electron chi connectivity index (χ0n) is 10.3. The van der Waals surface area contributed by atoms with Gasteiger partial charge in [0.05, 0.1) is 6.61 Å². The quantitative estimate of drug-likeness (QED) is 0.453. The molecule has 0 aromatic rings. The molecule has 0 spiro atoms. The Morgan fingerprint density at radius 1 is 1.38 bits per heavy atom. The van der Waals surface area contributed by atoms with Gasteiger partial charge >= 0.3 is 6.09 Å². The Kier molecular flexibility index (Phi) is 5.55. The van der Waals surface area contributed by atoms with Gasteiger partial charge in [-0.2, -0.15) is 5.12 Å². The first kappa shape index (κ1) is 13.3. The summed E-state index contributed by atoms with van der Waals surface area (Å²) in [6.45, 7) is 6.32. The first-order valence-corrected chi connectivity index (χ1v) is 6.07. The highest BCUT2D eigenvalue weighted by atomic mass is 16.6. The predicted octanol–water partition coefficient (Wildman–Crippen LogP) is 1.75. The van der Waals surface area contributed by atoms with Crippen molar-refractivity contribution in [2.75, 3.05) is 19.7 Å². The van der Waals surface area contributed by atoms with Crippen molar-refractivity contribution in [1.29, 1.82) is 0 Å². The van der Waals surface area contributed by atoms with E-state index in [9.17, 15) is 4.79 Å². The standard InChI is InChI=1S/C11H23N3O2/c1-10(2)6-9-16-11(15)14(12)13-7-4-3-5-8-13/h10H,3-9,12H2,1-2H3. The molecule has 0 unspecified atom stereocenters. The van der Waals surface area contributed by atoms with Gasteiger partial charge in [-0.15, -0.1) is 0 Å². The largest absolute Gasteiger partial charge is 0.447 e. The molecule has 1 amide bonds. The van der Waals surface area contributed by atoms with Gasteiger partial charge in [0.25, 0.3) is 0 Å². The van der Waals surface area contributed by atoms with Crippen LogP contribution in [0.15, 0.2) is 0 Å². The minimum absolute atomic E-state index is 0.442. The Bertz CT molecular complexity index is 215. The normalized spacial score (nSPS) is 17.5. The number of ether oxygens (including phenoxy) is 1. The molecule has 1 heterocycles. The van der Waals surface area contributed by atoms with E-state index in [0.717, 1.165) is 37.5 Å². The molecular weight excluding hydrogens is 206 g/mol. The Morgan fingerprint density at radius 3 is 2.56 bits per heavy atom. The summed E-state index contributed by atoms with van der Waals surface area (Å²) in [5.74, 6) is 6.23. The molecule has 5 nitrogen and oxygen atoms in total. The fourth-order valence-corrected chi connectivity index (χ4v) is 1.66. The Morgan fingerprint density at radius 2 is 2.00 bits per heavy atom. The molecule has 5 heteroatoms. The Balaban J connectivity index is 2.23. The second-order valence-corrected chi connectivity index (χ2v) is 4.66. The molecule has 0 saturated carbocycles. The highest BCUT2D eigenvalue weighted by molar-refractivity contribution is 5.66. The molecule has 1 fully saturated rings. The molecule has 1 aliphatic rings. The number of carbonyl (C=O) groups excluding carboxylic acids is 1. The lowest BCUT2D eigenvalue weighted by molar-refractivity contribution is -0.0359. The monoisotopic (exact) mass is 229 g/mol. The zero-order chi connectivity index (χ0) is 12.0. The SMILES string of the molecule is CC(C)CCOC(=O)N(N)N1CCCCC1. The average molecular weight is 229 g/mol. The van der Waals surface area contributed by atoms with Crippen molar-refractivity contribution in [1.82, 2.24) is 10.1 Å². The molecule has 1 saturated heterocycles. The molecule has 0 aliphatic carbocycles. The molecule has 94 valence electrons. The number of amides is 1. The van der Waals surface area contributed by atoms with Crippen LogP contribution in [0.25, 0.3) is 0 Å². The lowest BCUT2D eigenvalue weighted by Gasteiger charge is -2.32. The summed E-state index contributed by atoms with van der Waals surface area (Å²) in [6, 6.07) is 0. The van der Waals surface area contributed by atoms with E-state index >= 15 is 0 Å². The van der Waals surface area contributed by atoms with Gasteiger partial charge in [-0.25, -0.2) is 15.6 Å². The van der Waals surface area contributed by atoms with Crippen molar-refractivity contribution in [2.24, 2.45) is 11.8 Å². The van der Waals surface area contributed by atoms with E-state index in [1.165, 1.54) is 6.42 Å². The third-order valence-corrected chi connectivity index (χ3v) is 2.74. The average Bonchev–Trinajstić information content (AvgIpc) is 2.28. The Hall–Kier alpha value is -0.810. The van der Waals surface area contributed by atoms with Crippen molar-refractivity contribution in [3.63, 3.8) is 0 Å². The lowest BCUT2D eigenvalue weighted by Crippen LogP contribution is -2.53. The fraction of sp³-hybridized carbons (Fsp3) is 0.909. The molecule has 0 radical (unpaired) electrons. The number of rotatable bonds is 4. The van der Waals surface area contributed by atoms with Gasteiger partial charge < -0.3 is 4.74 Å². The summed E-state index contributed by atoms with van der Waals surface area (Å²) in [7, 11) is 0. The lowest BCUT2D eigenvalue weighted by atomic mass is 10.1. The van der Waals surface area contributed by atoms with Gasteiger partial charge in [-0.05, 0) is 25.2 Å². The van der Waals surface area contributed by atoms with Crippen LogP contribution in [0.4, 0.5) is 4.79 Å². The third kappa shape index (κ3) is 4.37. The molecule has 2 N–H and O–H groups in total. The second kappa shape index (κ2) is 6.70. The predicted molar refractivity (Wildman–Crippen MR) is 62.3 cm³/mol. The van der Waals surface area contributed by atoms with Crippen molar-refractivity contribution in [3.8, 4) is 0 Å². The smallest absolute Gasteiger partial charge is 0.439 e. The highest BCUT2D eigenvalue weighted by Gasteiger charge is 2.21. The maximum Gasteiger partial charge on any atom is 0.439 e. The number of hydrazine groups is 2. The van der Waals surface area contributed by atoms with Crippen LogP contribution in [0.2, 0.25) is 0 Å². The van der Waals surface area contributed by atoms with Gasteiger partial charge in [0, 0.05) is 13.1 Å². The molecule has 0 aromatic heterocycles. The van der Waals surface area contributed by atoms with Gasteiger partial charge in [-0.1, -0.05) is 20.3 Å². The van der Waals surface area contributed by atoms with Crippen molar-refractivity contribution in [2.45, 2.75) is 39.5 Å². The maximum absolute atomic E-state index is 11.6. The van der Waals surface area contributed by atoms with Crippen LogP contribution in [-0.2, 0) is 4.74 Å². The summed E-state index contributed by atoms with van der Waals surface area (Å²) in [5, 5.41) is 2.97. The highest BCUT2D eigenvalue weighted by Crippen LogP contribution is 2.10. The molecule has 1 rings (SSSR count). The molecule has 0 atom stereocenters. The van der Waals surface area contributed by atoms with Gasteiger partial charge in [-0.3, -0.25) is 0 Å². The fourth-order valence-electron chi connectivity index (χ4n) is 1.66. The first-order valence-electron chi connectivity index (χ1n) is 6.07. The zero-order valence-corrected chi connectivity index (χ0v) is 10.3. The Labute approximate surface area is 97.5 Å². The van der Waals surface area contributed by atoms with Crippen LogP contribution < -0.4 is 5.84 Å². The third-order valence-electron chi connectivity index (χ3n) is 2.74.